The van der Waals surface area contributed by atoms with E-state index < -0.39 is 17.6 Å². The molecule has 150 valence electrons. The van der Waals surface area contributed by atoms with E-state index in [1.807, 2.05) is 0 Å². The van der Waals surface area contributed by atoms with E-state index in [4.69, 9.17) is 4.74 Å². The molecule has 1 spiro atoms. The van der Waals surface area contributed by atoms with Gasteiger partial charge in [0, 0.05) is 18.3 Å². The lowest BCUT2D eigenvalue weighted by atomic mass is 9.39. The van der Waals surface area contributed by atoms with Crippen molar-refractivity contribution >= 4 is 11.8 Å². The molecule has 4 fully saturated rings. The van der Waals surface area contributed by atoms with Crippen molar-refractivity contribution in [2.75, 3.05) is 6.61 Å². The van der Waals surface area contributed by atoms with Crippen molar-refractivity contribution in [1.82, 2.24) is 0 Å². The summed E-state index contributed by atoms with van der Waals surface area (Å²) in [6.07, 6.45) is 3.28. The molecule has 0 aliphatic heterocycles. The largest absolute Gasteiger partial charge is 0.465 e. The van der Waals surface area contributed by atoms with Crippen molar-refractivity contribution in [3.8, 4) is 0 Å². The van der Waals surface area contributed by atoms with Crippen LogP contribution >= 0.6 is 0 Å². The Kier molecular flexibility index (Phi) is 4.18. The normalized spacial score (nSPS) is 51.5. The SMILES string of the molecule is C=C1C(=O)[C@@]23[C@H](O)C[C@@H]4[C@@](C)(COC(C)=O)CCC[C@@]4(C)[C@H]2CC[C@@H]1[C@H]3O. The second kappa shape index (κ2) is 5.90. The fourth-order valence-corrected chi connectivity index (χ4v) is 7.69. The molecular weight excluding hydrogens is 344 g/mol. The molecule has 4 rings (SSSR count). The van der Waals surface area contributed by atoms with Gasteiger partial charge >= 0.3 is 5.97 Å². The van der Waals surface area contributed by atoms with Crippen LogP contribution in [-0.2, 0) is 14.3 Å². The number of aliphatic hydroxyl groups excluding tert-OH is 2. The Labute approximate surface area is 161 Å². The average molecular weight is 376 g/mol. The number of carbonyl (C=O) groups is 2. The monoisotopic (exact) mass is 376 g/mol. The molecule has 2 bridgehead atoms. The lowest BCUT2D eigenvalue weighted by Crippen LogP contribution is -2.67. The first-order valence-electron chi connectivity index (χ1n) is 10.3. The maximum absolute atomic E-state index is 13.3. The summed E-state index contributed by atoms with van der Waals surface area (Å²) in [6.45, 7) is 10.1. The van der Waals surface area contributed by atoms with Crippen LogP contribution in [0.5, 0.6) is 0 Å². The van der Waals surface area contributed by atoms with Gasteiger partial charge in [-0.1, -0.05) is 26.8 Å². The molecule has 27 heavy (non-hydrogen) atoms. The molecule has 4 saturated carbocycles. The highest BCUT2D eigenvalue weighted by molar-refractivity contribution is 6.04. The second-order valence-electron chi connectivity index (χ2n) is 10.1. The Morgan fingerprint density at radius 2 is 1.93 bits per heavy atom. The predicted molar refractivity (Wildman–Crippen MR) is 99.6 cm³/mol. The van der Waals surface area contributed by atoms with E-state index in [2.05, 4.69) is 20.4 Å². The maximum atomic E-state index is 13.3. The van der Waals surface area contributed by atoms with Crippen molar-refractivity contribution in [2.45, 2.75) is 71.5 Å². The lowest BCUT2D eigenvalue weighted by molar-refractivity contribution is -0.231. The predicted octanol–water partition coefficient (Wildman–Crippen LogP) is 2.64. The van der Waals surface area contributed by atoms with Gasteiger partial charge in [0.05, 0.1) is 24.2 Å². The van der Waals surface area contributed by atoms with Crippen molar-refractivity contribution < 1.29 is 24.5 Å². The summed E-state index contributed by atoms with van der Waals surface area (Å²) in [5.74, 6) is -0.515. The number of esters is 1. The van der Waals surface area contributed by atoms with Crippen molar-refractivity contribution in [2.24, 2.45) is 34.0 Å². The van der Waals surface area contributed by atoms with Crippen LogP contribution in [0.3, 0.4) is 0 Å². The molecule has 0 aromatic rings. The molecule has 5 heteroatoms. The summed E-state index contributed by atoms with van der Waals surface area (Å²) >= 11 is 0. The first-order valence-corrected chi connectivity index (χ1v) is 10.3. The van der Waals surface area contributed by atoms with Crippen LogP contribution in [0.25, 0.3) is 0 Å². The third-order valence-corrected chi connectivity index (χ3v) is 8.86. The number of hydrogen-bond donors (Lipinski definition) is 2. The molecule has 0 amide bonds. The van der Waals surface area contributed by atoms with Gasteiger partial charge in [-0.15, -0.1) is 0 Å². The van der Waals surface area contributed by atoms with Gasteiger partial charge in [0.15, 0.2) is 5.78 Å². The molecule has 0 aromatic carbocycles. The van der Waals surface area contributed by atoms with Gasteiger partial charge in [0.1, 0.15) is 0 Å². The Morgan fingerprint density at radius 3 is 2.59 bits per heavy atom. The quantitative estimate of drug-likeness (QED) is 0.572. The Balaban J connectivity index is 1.77. The van der Waals surface area contributed by atoms with Crippen molar-refractivity contribution in [3.05, 3.63) is 12.2 Å². The Hall–Kier alpha value is -1.20. The van der Waals surface area contributed by atoms with E-state index >= 15 is 0 Å². The number of ketones is 1. The Morgan fingerprint density at radius 1 is 1.22 bits per heavy atom. The molecule has 8 atom stereocenters. The van der Waals surface area contributed by atoms with Gasteiger partial charge in [-0.25, -0.2) is 0 Å². The highest BCUT2D eigenvalue weighted by Gasteiger charge is 2.73. The first kappa shape index (κ1) is 19.1. The third-order valence-electron chi connectivity index (χ3n) is 8.86. The van der Waals surface area contributed by atoms with Crippen LogP contribution in [0.4, 0.5) is 0 Å². The zero-order chi connectivity index (χ0) is 19.8. The second-order valence-corrected chi connectivity index (χ2v) is 10.1. The summed E-state index contributed by atoms with van der Waals surface area (Å²) in [6, 6.07) is 0. The van der Waals surface area contributed by atoms with E-state index in [-0.39, 0.29) is 40.3 Å². The number of aliphatic hydroxyl groups is 2. The minimum absolute atomic E-state index is 0.0614. The molecule has 0 aromatic heterocycles. The number of rotatable bonds is 2. The van der Waals surface area contributed by atoms with Crippen LogP contribution in [-0.4, -0.2) is 40.8 Å². The van der Waals surface area contributed by atoms with E-state index in [1.165, 1.54) is 6.92 Å². The first-order chi connectivity index (χ1) is 12.6. The van der Waals surface area contributed by atoms with Gasteiger partial charge in [0.25, 0.3) is 0 Å². The molecule has 0 heterocycles. The number of carbonyl (C=O) groups excluding carboxylic acids is 2. The smallest absolute Gasteiger partial charge is 0.302 e. The highest BCUT2D eigenvalue weighted by Crippen LogP contribution is 2.71. The summed E-state index contributed by atoms with van der Waals surface area (Å²) in [5.41, 5.74) is -0.977. The molecule has 0 saturated heterocycles. The molecule has 0 radical (unpaired) electrons. The zero-order valence-electron chi connectivity index (χ0n) is 16.7. The Bertz CT molecular complexity index is 701. The fraction of sp³-hybridized carbons (Fsp3) is 0.818. The summed E-state index contributed by atoms with van der Waals surface area (Å²) in [4.78, 5) is 24.7. The summed E-state index contributed by atoms with van der Waals surface area (Å²) in [5, 5.41) is 22.4. The van der Waals surface area contributed by atoms with E-state index in [9.17, 15) is 19.8 Å². The topological polar surface area (TPSA) is 83.8 Å². The van der Waals surface area contributed by atoms with Crippen molar-refractivity contribution in [1.29, 1.82) is 0 Å². The van der Waals surface area contributed by atoms with Gasteiger partial charge < -0.3 is 14.9 Å². The van der Waals surface area contributed by atoms with Gasteiger partial charge in [-0.05, 0) is 54.9 Å². The average Bonchev–Trinajstić information content (AvgIpc) is 2.71. The fourth-order valence-electron chi connectivity index (χ4n) is 7.69. The van der Waals surface area contributed by atoms with Crippen LogP contribution in [0.1, 0.15) is 59.3 Å². The van der Waals surface area contributed by atoms with Gasteiger partial charge in [0.2, 0.25) is 0 Å². The van der Waals surface area contributed by atoms with Gasteiger partial charge in [-0.3, -0.25) is 9.59 Å². The summed E-state index contributed by atoms with van der Waals surface area (Å²) in [7, 11) is 0. The number of fused-ring (bicyclic) bond motifs is 3. The lowest BCUT2D eigenvalue weighted by Gasteiger charge is -2.65. The van der Waals surface area contributed by atoms with Gasteiger partial charge in [-0.2, -0.15) is 0 Å². The van der Waals surface area contributed by atoms with E-state index in [0.717, 1.165) is 32.1 Å². The van der Waals surface area contributed by atoms with Crippen LogP contribution < -0.4 is 0 Å². The molecular formula is C22H32O5. The minimum Gasteiger partial charge on any atom is -0.465 e. The maximum Gasteiger partial charge on any atom is 0.302 e. The van der Waals surface area contributed by atoms with Crippen LogP contribution in [0, 0.1) is 34.0 Å². The summed E-state index contributed by atoms with van der Waals surface area (Å²) < 4.78 is 5.42. The highest BCUT2D eigenvalue weighted by atomic mass is 16.5. The number of Topliss-reactive ketones (excluding diaryl/α,β-unsaturated/α-hetero) is 1. The minimum atomic E-state index is -1.09. The molecule has 0 unspecified atom stereocenters. The van der Waals surface area contributed by atoms with E-state index in [0.29, 0.717) is 18.6 Å². The zero-order valence-corrected chi connectivity index (χ0v) is 16.7. The molecule has 5 nitrogen and oxygen atoms in total. The molecule has 4 aliphatic rings. The van der Waals surface area contributed by atoms with E-state index in [1.54, 1.807) is 0 Å². The van der Waals surface area contributed by atoms with Crippen LogP contribution in [0.15, 0.2) is 12.2 Å². The third kappa shape index (κ3) is 2.24. The molecule has 4 aliphatic carbocycles. The number of ether oxygens (including phenoxy) is 1. The van der Waals surface area contributed by atoms with Crippen molar-refractivity contribution in [3.63, 3.8) is 0 Å². The van der Waals surface area contributed by atoms with Crippen LogP contribution in [0.2, 0.25) is 0 Å². The standard InChI is InChI=1S/C22H32O5/c1-12-14-6-7-15-21(4)9-5-8-20(3,11-27-13(2)23)16(21)10-17(24)22(15,18(12)25)19(14)26/h14-17,19,24,26H,1,5-11H2,2-4H3/t14-,15+,16+,17+,19+,20+,21-,22-/m0/s1. The number of hydrogen-bond acceptors (Lipinski definition) is 5. The molecule has 2 N–H and O–H groups in total.